The van der Waals surface area contributed by atoms with E-state index in [1.54, 1.807) is 13.3 Å². The van der Waals surface area contributed by atoms with E-state index >= 15 is 0 Å². The van der Waals surface area contributed by atoms with Gasteiger partial charge in [-0.05, 0) is 32.4 Å². The van der Waals surface area contributed by atoms with Crippen LogP contribution in [-0.4, -0.2) is 40.5 Å². The normalized spacial score (nSPS) is 12.3. The van der Waals surface area contributed by atoms with Crippen LogP contribution in [0.15, 0.2) is 41.3 Å². The van der Waals surface area contributed by atoms with Crippen LogP contribution in [-0.2, 0) is 9.53 Å². The smallest absolute Gasteiger partial charge is 0.281 e. The van der Waals surface area contributed by atoms with Gasteiger partial charge >= 0.3 is 0 Å². The van der Waals surface area contributed by atoms with E-state index in [0.717, 1.165) is 16.8 Å². The summed E-state index contributed by atoms with van der Waals surface area (Å²) in [6, 6.07) is 8.93. The second-order valence-electron chi connectivity index (χ2n) is 6.73. The lowest BCUT2D eigenvalue weighted by molar-refractivity contribution is -0.124. The fraction of sp³-hybridized carbons (Fsp3) is 0.381. The van der Waals surface area contributed by atoms with Gasteiger partial charge in [-0.2, -0.15) is 9.78 Å². The molecule has 1 amide bonds. The summed E-state index contributed by atoms with van der Waals surface area (Å²) < 4.78 is 8.36. The van der Waals surface area contributed by atoms with Gasteiger partial charge in [0.1, 0.15) is 6.04 Å². The molecule has 7 heteroatoms. The Kier molecular flexibility index (Phi) is 5.94. The summed E-state index contributed by atoms with van der Waals surface area (Å²) in [7, 11) is 1.60. The lowest BCUT2D eigenvalue weighted by Gasteiger charge is -2.20. The highest BCUT2D eigenvalue weighted by molar-refractivity contribution is 5.89. The second kappa shape index (κ2) is 8.39. The van der Waals surface area contributed by atoms with E-state index in [1.165, 1.54) is 4.68 Å². The molecule has 0 aliphatic carbocycles. The Morgan fingerprint density at radius 2 is 1.93 bits per heavy atom. The summed E-state index contributed by atoms with van der Waals surface area (Å²) in [5, 5.41) is 8.63. The molecule has 2 heterocycles. The zero-order chi connectivity index (χ0) is 20.3. The molecule has 0 radical (unpaired) electrons. The number of rotatable bonds is 7. The number of hydrogen-bond donors (Lipinski definition) is 1. The maximum absolute atomic E-state index is 13.2. The highest BCUT2D eigenvalue weighted by Crippen LogP contribution is 2.27. The summed E-state index contributed by atoms with van der Waals surface area (Å²) in [5.41, 5.74) is 2.17. The van der Waals surface area contributed by atoms with Crippen molar-refractivity contribution in [1.29, 1.82) is 0 Å². The van der Waals surface area contributed by atoms with Crippen LogP contribution < -0.4 is 10.9 Å². The van der Waals surface area contributed by atoms with Crippen molar-refractivity contribution < 1.29 is 9.53 Å². The molecule has 0 aliphatic rings. The maximum Gasteiger partial charge on any atom is 0.281 e. The van der Waals surface area contributed by atoms with Crippen LogP contribution in [0.3, 0.4) is 0 Å². The number of nitrogens with zero attached hydrogens (tertiary/aromatic N) is 3. The van der Waals surface area contributed by atoms with Crippen LogP contribution in [0.4, 0.5) is 0 Å². The van der Waals surface area contributed by atoms with Gasteiger partial charge < -0.3 is 14.6 Å². The van der Waals surface area contributed by atoms with Gasteiger partial charge in [0.05, 0.1) is 23.9 Å². The third kappa shape index (κ3) is 3.45. The highest BCUT2D eigenvalue weighted by atomic mass is 16.5. The number of para-hydroxylation sites is 1. The van der Waals surface area contributed by atoms with Crippen molar-refractivity contribution in [2.24, 2.45) is 0 Å². The van der Waals surface area contributed by atoms with Crippen LogP contribution in [0.25, 0.3) is 16.5 Å². The Bertz CT molecular complexity index is 1040. The van der Waals surface area contributed by atoms with Gasteiger partial charge in [-0.1, -0.05) is 25.1 Å². The van der Waals surface area contributed by atoms with Crippen molar-refractivity contribution >= 4 is 16.7 Å². The van der Waals surface area contributed by atoms with Crippen molar-refractivity contribution in [2.75, 3.05) is 20.3 Å². The largest absolute Gasteiger partial charge is 0.383 e. The SMILES string of the molecule is CCC(C(=O)NCCOC)n1c(C)c2cnn(-c3ccccc3)c(=O)c2c1C. The van der Waals surface area contributed by atoms with Crippen molar-refractivity contribution in [3.8, 4) is 5.69 Å². The van der Waals surface area contributed by atoms with Gasteiger partial charge in [-0.25, -0.2) is 0 Å². The third-order valence-electron chi connectivity index (χ3n) is 5.06. The number of fused-ring (bicyclic) bond motifs is 1. The zero-order valence-corrected chi connectivity index (χ0v) is 16.7. The quantitative estimate of drug-likeness (QED) is 0.637. The lowest BCUT2D eigenvalue weighted by Crippen LogP contribution is -2.35. The highest BCUT2D eigenvalue weighted by Gasteiger charge is 2.25. The van der Waals surface area contributed by atoms with Gasteiger partial charge in [-0.3, -0.25) is 9.59 Å². The molecule has 0 fully saturated rings. The summed E-state index contributed by atoms with van der Waals surface area (Å²) in [6.45, 7) is 6.68. The van der Waals surface area contributed by atoms with Crippen molar-refractivity contribution in [2.45, 2.75) is 33.2 Å². The summed E-state index contributed by atoms with van der Waals surface area (Å²) >= 11 is 0. The number of carbonyl (C=O) groups excluding carboxylic acids is 1. The van der Waals surface area contributed by atoms with Crippen molar-refractivity contribution in [3.05, 3.63) is 58.3 Å². The first-order valence-corrected chi connectivity index (χ1v) is 9.42. The van der Waals surface area contributed by atoms with Gasteiger partial charge in [0.2, 0.25) is 5.91 Å². The number of carbonyl (C=O) groups is 1. The van der Waals surface area contributed by atoms with E-state index in [0.29, 0.717) is 30.6 Å². The molecule has 1 N–H and O–H groups in total. The molecule has 28 heavy (non-hydrogen) atoms. The number of hydrogen-bond acceptors (Lipinski definition) is 4. The first-order valence-electron chi connectivity index (χ1n) is 9.42. The van der Waals surface area contributed by atoms with E-state index in [4.69, 9.17) is 4.74 Å². The molecule has 3 aromatic rings. The molecule has 1 aromatic carbocycles. The van der Waals surface area contributed by atoms with Crippen molar-refractivity contribution in [1.82, 2.24) is 19.7 Å². The fourth-order valence-corrected chi connectivity index (χ4v) is 3.68. The molecule has 0 spiro atoms. The average molecular weight is 382 g/mol. The van der Waals surface area contributed by atoms with E-state index in [2.05, 4.69) is 10.4 Å². The monoisotopic (exact) mass is 382 g/mol. The van der Waals surface area contributed by atoms with Crippen LogP contribution in [0.1, 0.15) is 30.8 Å². The maximum atomic E-state index is 13.2. The number of benzene rings is 1. The van der Waals surface area contributed by atoms with Crippen LogP contribution in [0.2, 0.25) is 0 Å². The van der Waals surface area contributed by atoms with E-state index < -0.39 is 6.04 Å². The molecular weight excluding hydrogens is 356 g/mol. The predicted molar refractivity (Wildman–Crippen MR) is 109 cm³/mol. The summed E-state index contributed by atoms with van der Waals surface area (Å²) in [5.74, 6) is -0.0811. The van der Waals surface area contributed by atoms with Gasteiger partial charge in [0.15, 0.2) is 0 Å². The van der Waals surface area contributed by atoms with Gasteiger partial charge in [-0.15, -0.1) is 0 Å². The molecule has 0 saturated heterocycles. The molecule has 7 nitrogen and oxygen atoms in total. The number of aromatic nitrogens is 3. The topological polar surface area (TPSA) is 78.2 Å². The number of aryl methyl sites for hydroxylation is 2. The second-order valence-corrected chi connectivity index (χ2v) is 6.73. The summed E-state index contributed by atoms with van der Waals surface area (Å²) in [6.07, 6.45) is 2.32. The Labute approximate surface area is 163 Å². The molecular formula is C21H26N4O3. The lowest BCUT2D eigenvalue weighted by atomic mass is 10.2. The number of ether oxygens (including phenoxy) is 1. The summed E-state index contributed by atoms with van der Waals surface area (Å²) in [4.78, 5) is 25.9. The molecule has 1 atom stereocenters. The van der Waals surface area contributed by atoms with Crippen LogP contribution in [0.5, 0.6) is 0 Å². The Hall–Kier alpha value is -2.93. The minimum Gasteiger partial charge on any atom is -0.383 e. The predicted octanol–water partition coefficient (Wildman–Crippen LogP) is 2.52. The van der Waals surface area contributed by atoms with Gasteiger partial charge in [0, 0.05) is 30.4 Å². The number of nitrogens with one attached hydrogen (secondary N) is 1. The van der Waals surface area contributed by atoms with E-state index in [-0.39, 0.29) is 11.5 Å². The number of amides is 1. The van der Waals surface area contributed by atoms with E-state index in [9.17, 15) is 9.59 Å². The zero-order valence-electron chi connectivity index (χ0n) is 16.7. The Morgan fingerprint density at radius 3 is 2.57 bits per heavy atom. The molecule has 0 aliphatic heterocycles. The molecule has 1 unspecified atom stereocenters. The molecule has 2 aromatic heterocycles. The fourth-order valence-electron chi connectivity index (χ4n) is 3.68. The van der Waals surface area contributed by atoms with Crippen LogP contribution >= 0.6 is 0 Å². The first-order chi connectivity index (χ1) is 13.5. The van der Waals surface area contributed by atoms with Crippen molar-refractivity contribution in [3.63, 3.8) is 0 Å². The molecule has 148 valence electrons. The first kappa shape index (κ1) is 19.8. The van der Waals surface area contributed by atoms with E-state index in [1.807, 2.05) is 55.7 Å². The third-order valence-corrected chi connectivity index (χ3v) is 5.06. The average Bonchev–Trinajstić information content (AvgIpc) is 2.95. The van der Waals surface area contributed by atoms with Gasteiger partial charge in [0.25, 0.3) is 5.56 Å². The Balaban J connectivity index is 2.11. The minimum absolute atomic E-state index is 0.0811. The molecule has 0 bridgehead atoms. The molecule has 0 saturated carbocycles. The molecule has 3 rings (SSSR count). The minimum atomic E-state index is -0.395. The number of methoxy groups -OCH3 is 1. The standard InChI is InChI=1S/C21H26N4O3/c1-5-18(20(26)22-11-12-28-4)24-14(2)17-13-23-25(16-9-7-6-8-10-16)21(27)19(17)15(24)3/h6-10,13,18H,5,11-12H2,1-4H3,(H,22,26). The Morgan fingerprint density at radius 1 is 1.21 bits per heavy atom. The van der Waals surface area contributed by atoms with Crippen LogP contribution in [0, 0.1) is 13.8 Å².